The third kappa shape index (κ3) is 3.24. The first kappa shape index (κ1) is 11.5. The Morgan fingerprint density at radius 3 is 3.06 bits per heavy atom. The lowest BCUT2D eigenvalue weighted by Crippen LogP contribution is -2.08. The molecule has 1 aromatic carbocycles. The molecule has 17 heavy (non-hydrogen) atoms. The smallest absolute Gasteiger partial charge is 0.0576 e. The molecule has 0 unspecified atom stereocenters. The van der Waals surface area contributed by atoms with Gasteiger partial charge in [-0.1, -0.05) is 6.07 Å². The van der Waals surface area contributed by atoms with E-state index < -0.39 is 0 Å². The van der Waals surface area contributed by atoms with E-state index in [-0.39, 0.29) is 0 Å². The summed E-state index contributed by atoms with van der Waals surface area (Å²) in [5.41, 5.74) is 8.92. The molecule has 0 aliphatic carbocycles. The van der Waals surface area contributed by atoms with Gasteiger partial charge in [0.15, 0.2) is 0 Å². The summed E-state index contributed by atoms with van der Waals surface area (Å²) in [6.45, 7) is 3.88. The molecule has 0 bridgehead atoms. The van der Waals surface area contributed by atoms with Crippen LogP contribution in [0.4, 0.5) is 11.4 Å². The number of nitrogens with zero attached hydrogens (tertiary/aromatic N) is 2. The summed E-state index contributed by atoms with van der Waals surface area (Å²) in [5, 5.41) is 7.51. The monoisotopic (exact) mass is 230 g/mol. The van der Waals surface area contributed by atoms with Crippen molar-refractivity contribution in [3.63, 3.8) is 0 Å². The average molecular weight is 230 g/mol. The zero-order valence-electron chi connectivity index (χ0n) is 10.1. The summed E-state index contributed by atoms with van der Waals surface area (Å²) in [6, 6.07) is 7.96. The van der Waals surface area contributed by atoms with Gasteiger partial charge in [-0.05, 0) is 37.1 Å². The second kappa shape index (κ2) is 5.39. The van der Waals surface area contributed by atoms with E-state index in [0.29, 0.717) is 0 Å². The average Bonchev–Trinajstić information content (AvgIpc) is 2.82. The van der Waals surface area contributed by atoms with Gasteiger partial charge in [-0.3, -0.25) is 4.68 Å². The fraction of sp³-hybridized carbons (Fsp3) is 0.308. The van der Waals surface area contributed by atoms with Crippen LogP contribution in [0, 0.1) is 6.92 Å². The van der Waals surface area contributed by atoms with Crippen molar-refractivity contribution >= 4 is 11.4 Å². The van der Waals surface area contributed by atoms with Crippen molar-refractivity contribution in [2.75, 3.05) is 17.6 Å². The molecular formula is C13H18N4. The summed E-state index contributed by atoms with van der Waals surface area (Å²) in [5.74, 6) is 0. The fourth-order valence-electron chi connectivity index (χ4n) is 1.72. The highest BCUT2D eigenvalue weighted by Gasteiger charge is 1.98. The Kier molecular flexibility index (Phi) is 3.65. The number of nitrogens with one attached hydrogen (secondary N) is 1. The molecule has 0 spiro atoms. The highest BCUT2D eigenvalue weighted by molar-refractivity contribution is 5.66. The molecule has 1 heterocycles. The summed E-state index contributed by atoms with van der Waals surface area (Å²) in [7, 11) is 0. The van der Waals surface area contributed by atoms with Crippen LogP contribution in [0.15, 0.2) is 36.7 Å². The second-order valence-electron chi connectivity index (χ2n) is 4.14. The van der Waals surface area contributed by atoms with Gasteiger partial charge in [0.1, 0.15) is 0 Å². The van der Waals surface area contributed by atoms with Gasteiger partial charge in [0.2, 0.25) is 0 Å². The lowest BCUT2D eigenvalue weighted by Gasteiger charge is -2.10. The first-order chi connectivity index (χ1) is 8.25. The first-order valence-electron chi connectivity index (χ1n) is 5.83. The van der Waals surface area contributed by atoms with Crippen LogP contribution in [0.1, 0.15) is 12.0 Å². The van der Waals surface area contributed by atoms with E-state index in [1.54, 1.807) is 6.20 Å². The van der Waals surface area contributed by atoms with Crippen LogP contribution in [-0.4, -0.2) is 16.3 Å². The Morgan fingerprint density at radius 1 is 1.41 bits per heavy atom. The Morgan fingerprint density at radius 2 is 2.29 bits per heavy atom. The maximum atomic E-state index is 5.89. The van der Waals surface area contributed by atoms with Crippen molar-refractivity contribution in [1.82, 2.24) is 9.78 Å². The minimum atomic E-state index is 0.801. The molecule has 0 saturated carbocycles. The molecular weight excluding hydrogens is 212 g/mol. The number of aryl methyl sites for hydroxylation is 2. The van der Waals surface area contributed by atoms with Gasteiger partial charge < -0.3 is 11.1 Å². The largest absolute Gasteiger partial charge is 0.397 e. The predicted molar refractivity (Wildman–Crippen MR) is 70.9 cm³/mol. The number of nitrogen functional groups attached to an aromatic ring is 1. The molecule has 3 N–H and O–H groups in total. The van der Waals surface area contributed by atoms with Crippen molar-refractivity contribution in [2.45, 2.75) is 19.9 Å². The maximum Gasteiger partial charge on any atom is 0.0576 e. The van der Waals surface area contributed by atoms with Crippen LogP contribution in [0.5, 0.6) is 0 Å². The van der Waals surface area contributed by atoms with Gasteiger partial charge in [-0.15, -0.1) is 0 Å². The molecule has 4 heteroatoms. The van der Waals surface area contributed by atoms with Crippen LogP contribution >= 0.6 is 0 Å². The number of hydrogen-bond acceptors (Lipinski definition) is 3. The molecule has 0 aliphatic rings. The molecule has 1 aromatic heterocycles. The lowest BCUT2D eigenvalue weighted by molar-refractivity contribution is 0.592. The fourth-order valence-corrected chi connectivity index (χ4v) is 1.72. The van der Waals surface area contributed by atoms with E-state index in [1.165, 1.54) is 5.56 Å². The summed E-state index contributed by atoms with van der Waals surface area (Å²) < 4.78 is 1.93. The summed E-state index contributed by atoms with van der Waals surface area (Å²) >= 11 is 0. The van der Waals surface area contributed by atoms with Gasteiger partial charge in [-0.2, -0.15) is 5.10 Å². The lowest BCUT2D eigenvalue weighted by atomic mass is 10.2. The molecule has 2 rings (SSSR count). The summed E-state index contributed by atoms with van der Waals surface area (Å²) in [6.07, 6.45) is 4.79. The minimum absolute atomic E-state index is 0.801. The Hall–Kier alpha value is -1.97. The third-order valence-corrected chi connectivity index (χ3v) is 2.65. The van der Waals surface area contributed by atoms with Gasteiger partial charge in [0, 0.05) is 25.5 Å². The zero-order valence-corrected chi connectivity index (χ0v) is 10.1. The number of rotatable bonds is 5. The highest BCUT2D eigenvalue weighted by atomic mass is 15.3. The minimum Gasteiger partial charge on any atom is -0.397 e. The molecule has 0 saturated heterocycles. The molecule has 0 atom stereocenters. The number of benzene rings is 1. The number of nitrogens with two attached hydrogens (primary N) is 1. The normalized spacial score (nSPS) is 10.4. The topological polar surface area (TPSA) is 55.9 Å². The van der Waals surface area contributed by atoms with Crippen LogP contribution in [0.25, 0.3) is 0 Å². The standard InChI is InChI=1S/C13H18N4/c1-11-4-5-12(14)13(10-11)15-6-2-8-17-9-3-7-16-17/h3-5,7,9-10,15H,2,6,8,14H2,1H3. The van der Waals surface area contributed by atoms with E-state index in [1.807, 2.05) is 29.1 Å². The van der Waals surface area contributed by atoms with E-state index >= 15 is 0 Å². The van der Waals surface area contributed by atoms with Gasteiger partial charge >= 0.3 is 0 Å². The number of aromatic nitrogens is 2. The first-order valence-corrected chi connectivity index (χ1v) is 5.83. The molecule has 2 aromatic rings. The van der Waals surface area contributed by atoms with Crippen molar-refractivity contribution in [3.8, 4) is 0 Å². The molecule has 4 nitrogen and oxygen atoms in total. The van der Waals surface area contributed by atoms with Crippen molar-refractivity contribution in [2.24, 2.45) is 0 Å². The van der Waals surface area contributed by atoms with E-state index in [2.05, 4.69) is 23.4 Å². The molecule has 0 radical (unpaired) electrons. The quantitative estimate of drug-likeness (QED) is 0.612. The van der Waals surface area contributed by atoms with Crippen LogP contribution in [0.2, 0.25) is 0 Å². The van der Waals surface area contributed by atoms with Gasteiger partial charge in [-0.25, -0.2) is 0 Å². The van der Waals surface area contributed by atoms with Crippen molar-refractivity contribution in [1.29, 1.82) is 0 Å². The van der Waals surface area contributed by atoms with Crippen molar-refractivity contribution in [3.05, 3.63) is 42.2 Å². The Balaban J connectivity index is 1.80. The van der Waals surface area contributed by atoms with Gasteiger partial charge in [0.25, 0.3) is 0 Å². The van der Waals surface area contributed by atoms with Crippen molar-refractivity contribution < 1.29 is 0 Å². The SMILES string of the molecule is Cc1ccc(N)c(NCCCn2cccn2)c1. The van der Waals surface area contributed by atoms with Crippen LogP contribution < -0.4 is 11.1 Å². The molecule has 0 amide bonds. The molecule has 90 valence electrons. The van der Waals surface area contributed by atoms with E-state index in [4.69, 9.17) is 5.73 Å². The maximum absolute atomic E-state index is 5.89. The van der Waals surface area contributed by atoms with Gasteiger partial charge in [0.05, 0.1) is 11.4 Å². The zero-order chi connectivity index (χ0) is 12.1. The van der Waals surface area contributed by atoms with Crippen LogP contribution in [0.3, 0.4) is 0 Å². The predicted octanol–water partition coefficient (Wildman–Crippen LogP) is 2.28. The van der Waals surface area contributed by atoms with E-state index in [0.717, 1.165) is 30.9 Å². The highest BCUT2D eigenvalue weighted by Crippen LogP contribution is 2.19. The van der Waals surface area contributed by atoms with Crippen LogP contribution in [-0.2, 0) is 6.54 Å². The number of anilines is 2. The van der Waals surface area contributed by atoms with E-state index in [9.17, 15) is 0 Å². The molecule has 0 aliphatic heterocycles. The second-order valence-corrected chi connectivity index (χ2v) is 4.14. The third-order valence-electron chi connectivity index (χ3n) is 2.65. The Bertz CT molecular complexity index is 462. The number of hydrogen-bond donors (Lipinski definition) is 2. The molecule has 0 fully saturated rings. The summed E-state index contributed by atoms with van der Waals surface area (Å²) in [4.78, 5) is 0. The Labute approximate surface area is 101 Å².